The van der Waals surface area contributed by atoms with Crippen LogP contribution < -0.4 is 5.32 Å². The molecule has 4 heteroatoms. The van der Waals surface area contributed by atoms with E-state index < -0.39 is 6.10 Å². The molecule has 0 aromatic heterocycles. The van der Waals surface area contributed by atoms with E-state index in [0.29, 0.717) is 25.1 Å². The molecule has 1 aliphatic rings. The van der Waals surface area contributed by atoms with Crippen molar-refractivity contribution in [2.24, 2.45) is 5.92 Å². The van der Waals surface area contributed by atoms with E-state index in [4.69, 9.17) is 9.47 Å². The predicted molar refractivity (Wildman–Crippen MR) is 68.1 cm³/mol. The molecule has 3 unspecified atom stereocenters. The molecule has 1 heterocycles. The largest absolute Gasteiger partial charge is 0.389 e. The molecule has 1 rings (SSSR count). The fourth-order valence-electron chi connectivity index (χ4n) is 2.06. The molecule has 3 atom stereocenters. The molecule has 1 aliphatic heterocycles. The Morgan fingerprint density at radius 1 is 1.41 bits per heavy atom. The standard InChI is InChI=1S/C13H27NO3/c1-10(2)6-11(3)17-9-13(15)7-14-12-4-5-16-8-12/h10-15H,4-9H2,1-3H3. The lowest BCUT2D eigenvalue weighted by Crippen LogP contribution is -2.38. The Kier molecular flexibility index (Phi) is 7.04. The van der Waals surface area contributed by atoms with Gasteiger partial charge in [-0.25, -0.2) is 0 Å². The van der Waals surface area contributed by atoms with E-state index in [-0.39, 0.29) is 6.10 Å². The third-order valence-corrected chi connectivity index (χ3v) is 2.95. The van der Waals surface area contributed by atoms with E-state index in [9.17, 15) is 5.11 Å². The molecule has 1 fully saturated rings. The topological polar surface area (TPSA) is 50.7 Å². The Bertz CT molecular complexity index is 193. The van der Waals surface area contributed by atoms with Crippen molar-refractivity contribution in [1.29, 1.82) is 0 Å². The van der Waals surface area contributed by atoms with Crippen LogP contribution in [-0.2, 0) is 9.47 Å². The summed E-state index contributed by atoms with van der Waals surface area (Å²) in [5.74, 6) is 0.635. The van der Waals surface area contributed by atoms with Gasteiger partial charge in [0.25, 0.3) is 0 Å². The lowest BCUT2D eigenvalue weighted by atomic mass is 10.1. The van der Waals surface area contributed by atoms with Crippen LogP contribution in [-0.4, -0.2) is 49.7 Å². The molecule has 4 nitrogen and oxygen atoms in total. The minimum Gasteiger partial charge on any atom is -0.389 e. The molecule has 0 amide bonds. The monoisotopic (exact) mass is 245 g/mol. The summed E-state index contributed by atoms with van der Waals surface area (Å²) in [6.07, 6.45) is 1.87. The van der Waals surface area contributed by atoms with Crippen molar-refractivity contribution in [3.8, 4) is 0 Å². The van der Waals surface area contributed by atoms with Gasteiger partial charge in [-0.2, -0.15) is 0 Å². The molecule has 0 aliphatic carbocycles. The van der Waals surface area contributed by atoms with E-state index in [2.05, 4.69) is 26.1 Å². The molecule has 0 bridgehead atoms. The van der Waals surface area contributed by atoms with Crippen LogP contribution in [0.5, 0.6) is 0 Å². The van der Waals surface area contributed by atoms with Crippen LogP contribution in [0, 0.1) is 5.92 Å². The third kappa shape index (κ3) is 6.99. The maximum atomic E-state index is 9.76. The molecule has 1 saturated heterocycles. The highest BCUT2D eigenvalue weighted by Gasteiger charge is 2.16. The maximum absolute atomic E-state index is 9.76. The van der Waals surface area contributed by atoms with Gasteiger partial charge in [0, 0.05) is 19.2 Å². The number of hydrogen-bond acceptors (Lipinski definition) is 4. The minimum absolute atomic E-state index is 0.222. The summed E-state index contributed by atoms with van der Waals surface area (Å²) >= 11 is 0. The third-order valence-electron chi connectivity index (χ3n) is 2.95. The summed E-state index contributed by atoms with van der Waals surface area (Å²) in [6, 6.07) is 0.401. The van der Waals surface area contributed by atoms with Crippen molar-refractivity contribution in [2.75, 3.05) is 26.4 Å². The summed E-state index contributed by atoms with van der Waals surface area (Å²) < 4.78 is 10.9. The highest BCUT2D eigenvalue weighted by molar-refractivity contribution is 4.73. The summed E-state index contributed by atoms with van der Waals surface area (Å²) in [4.78, 5) is 0. The van der Waals surface area contributed by atoms with Gasteiger partial charge in [0.1, 0.15) is 0 Å². The van der Waals surface area contributed by atoms with Crippen LogP contribution >= 0.6 is 0 Å². The normalized spacial score (nSPS) is 24.2. The Morgan fingerprint density at radius 3 is 2.76 bits per heavy atom. The van der Waals surface area contributed by atoms with Gasteiger partial charge in [0.2, 0.25) is 0 Å². The van der Waals surface area contributed by atoms with Gasteiger partial charge in [-0.3, -0.25) is 0 Å². The number of aliphatic hydroxyl groups is 1. The second kappa shape index (κ2) is 8.03. The second-order valence-electron chi connectivity index (χ2n) is 5.40. The molecule has 0 spiro atoms. The molecule has 0 saturated carbocycles. The summed E-state index contributed by atoms with van der Waals surface area (Å²) in [5.41, 5.74) is 0. The molecular weight excluding hydrogens is 218 g/mol. The summed E-state index contributed by atoms with van der Waals surface area (Å²) in [6.45, 7) is 9.00. The number of rotatable bonds is 8. The Balaban J connectivity index is 2.01. The Morgan fingerprint density at radius 2 is 2.18 bits per heavy atom. The SMILES string of the molecule is CC(C)CC(C)OCC(O)CNC1CCOC1. The van der Waals surface area contributed by atoms with Crippen LogP contribution in [0.4, 0.5) is 0 Å². The van der Waals surface area contributed by atoms with E-state index in [0.717, 1.165) is 26.1 Å². The van der Waals surface area contributed by atoms with Gasteiger partial charge in [0.15, 0.2) is 0 Å². The molecule has 2 N–H and O–H groups in total. The maximum Gasteiger partial charge on any atom is 0.0897 e. The first-order valence-electron chi connectivity index (χ1n) is 6.68. The average molecular weight is 245 g/mol. The molecule has 102 valence electrons. The zero-order valence-corrected chi connectivity index (χ0v) is 11.3. The molecule has 17 heavy (non-hydrogen) atoms. The summed E-state index contributed by atoms with van der Waals surface area (Å²) in [7, 11) is 0. The van der Waals surface area contributed by atoms with E-state index in [1.165, 1.54) is 0 Å². The van der Waals surface area contributed by atoms with E-state index in [1.54, 1.807) is 0 Å². The van der Waals surface area contributed by atoms with Crippen molar-refractivity contribution in [2.45, 2.75) is 51.9 Å². The Hall–Kier alpha value is -0.160. The van der Waals surface area contributed by atoms with Crippen LogP contribution in [0.25, 0.3) is 0 Å². The van der Waals surface area contributed by atoms with Crippen molar-refractivity contribution >= 4 is 0 Å². The predicted octanol–water partition coefficient (Wildman–Crippen LogP) is 1.18. The first kappa shape index (κ1) is 14.9. The lowest BCUT2D eigenvalue weighted by Gasteiger charge is -2.19. The van der Waals surface area contributed by atoms with Gasteiger partial charge in [-0.1, -0.05) is 13.8 Å². The smallest absolute Gasteiger partial charge is 0.0897 e. The summed E-state index contributed by atoms with van der Waals surface area (Å²) in [5, 5.41) is 13.1. The molecule has 0 aromatic rings. The van der Waals surface area contributed by atoms with Gasteiger partial charge in [-0.05, 0) is 25.7 Å². The molecule has 0 aromatic carbocycles. The first-order chi connectivity index (χ1) is 8.08. The lowest BCUT2D eigenvalue weighted by molar-refractivity contribution is -0.00933. The number of nitrogens with one attached hydrogen (secondary N) is 1. The van der Waals surface area contributed by atoms with Gasteiger partial charge < -0.3 is 19.9 Å². The van der Waals surface area contributed by atoms with Gasteiger partial charge >= 0.3 is 0 Å². The van der Waals surface area contributed by atoms with Crippen LogP contribution in [0.15, 0.2) is 0 Å². The van der Waals surface area contributed by atoms with Crippen LogP contribution in [0.3, 0.4) is 0 Å². The van der Waals surface area contributed by atoms with Gasteiger partial charge in [-0.15, -0.1) is 0 Å². The average Bonchev–Trinajstić information content (AvgIpc) is 2.75. The molecule has 0 radical (unpaired) electrons. The van der Waals surface area contributed by atoms with Crippen LogP contribution in [0.1, 0.15) is 33.6 Å². The van der Waals surface area contributed by atoms with E-state index >= 15 is 0 Å². The number of ether oxygens (including phenoxy) is 2. The van der Waals surface area contributed by atoms with Crippen molar-refractivity contribution < 1.29 is 14.6 Å². The van der Waals surface area contributed by atoms with Crippen molar-refractivity contribution in [1.82, 2.24) is 5.32 Å². The fraction of sp³-hybridized carbons (Fsp3) is 1.00. The highest BCUT2D eigenvalue weighted by Crippen LogP contribution is 2.08. The fourth-order valence-corrected chi connectivity index (χ4v) is 2.06. The Labute approximate surface area is 105 Å². The highest BCUT2D eigenvalue weighted by atomic mass is 16.5. The molecular formula is C13H27NO3. The van der Waals surface area contributed by atoms with E-state index in [1.807, 2.05) is 0 Å². The van der Waals surface area contributed by atoms with Crippen LogP contribution in [0.2, 0.25) is 0 Å². The first-order valence-corrected chi connectivity index (χ1v) is 6.68. The second-order valence-corrected chi connectivity index (χ2v) is 5.40. The number of aliphatic hydroxyl groups excluding tert-OH is 1. The van der Waals surface area contributed by atoms with Crippen molar-refractivity contribution in [3.63, 3.8) is 0 Å². The minimum atomic E-state index is -0.426. The van der Waals surface area contributed by atoms with Gasteiger partial charge in [0.05, 0.1) is 25.4 Å². The van der Waals surface area contributed by atoms with Crippen molar-refractivity contribution in [3.05, 3.63) is 0 Å². The zero-order valence-electron chi connectivity index (χ0n) is 11.3. The quantitative estimate of drug-likeness (QED) is 0.674. The number of hydrogen-bond donors (Lipinski definition) is 2. The zero-order chi connectivity index (χ0) is 12.7.